The van der Waals surface area contributed by atoms with E-state index in [9.17, 15) is 0 Å². The van der Waals surface area contributed by atoms with E-state index in [4.69, 9.17) is 0 Å². The first kappa shape index (κ1) is 10.2. The third-order valence-electron chi connectivity index (χ3n) is 3.29. The second-order valence-corrected chi connectivity index (χ2v) is 4.29. The standard InChI is InChI=1S/C15H15N2/c1-3-7-14(8-4-1)17(12-11-16-13-17)15-9-5-2-6-10-15/h1-10,13H,11-12H2/q+1. The summed E-state index contributed by atoms with van der Waals surface area (Å²) in [7, 11) is 0. The summed E-state index contributed by atoms with van der Waals surface area (Å²) < 4.78 is 0.738. The van der Waals surface area contributed by atoms with Gasteiger partial charge in [0.2, 0.25) is 0 Å². The Balaban J connectivity index is 2.15. The first-order valence-electron chi connectivity index (χ1n) is 5.92. The number of rotatable bonds is 2. The molecule has 0 saturated heterocycles. The summed E-state index contributed by atoms with van der Waals surface area (Å²) in [6.45, 7) is 1.90. The molecule has 0 N–H and O–H groups in total. The highest BCUT2D eigenvalue weighted by molar-refractivity contribution is 5.84. The Bertz CT molecular complexity index is 478. The van der Waals surface area contributed by atoms with Crippen molar-refractivity contribution >= 4 is 17.7 Å². The quantitative estimate of drug-likeness (QED) is 0.692. The summed E-state index contributed by atoms with van der Waals surface area (Å²) in [4.78, 5) is 4.44. The summed E-state index contributed by atoms with van der Waals surface area (Å²) in [6.07, 6.45) is 2.06. The van der Waals surface area contributed by atoms with Gasteiger partial charge >= 0.3 is 0 Å². The van der Waals surface area contributed by atoms with E-state index in [1.54, 1.807) is 0 Å². The van der Waals surface area contributed by atoms with Crippen molar-refractivity contribution in [2.75, 3.05) is 13.1 Å². The lowest BCUT2D eigenvalue weighted by molar-refractivity contribution is 0.611. The Hall–Kier alpha value is -1.93. The molecular formula is C15H15N2+. The van der Waals surface area contributed by atoms with E-state index in [1.165, 1.54) is 11.4 Å². The molecule has 1 aliphatic heterocycles. The second kappa shape index (κ2) is 4.15. The van der Waals surface area contributed by atoms with Crippen LogP contribution in [0.25, 0.3) is 0 Å². The topological polar surface area (TPSA) is 12.4 Å². The molecule has 0 bridgehead atoms. The van der Waals surface area contributed by atoms with Crippen LogP contribution in [-0.4, -0.2) is 19.4 Å². The summed E-state index contributed by atoms with van der Waals surface area (Å²) in [5.41, 5.74) is 2.56. The van der Waals surface area contributed by atoms with E-state index in [0.717, 1.165) is 17.6 Å². The van der Waals surface area contributed by atoms with Crippen molar-refractivity contribution in [3.8, 4) is 0 Å². The molecule has 0 fully saturated rings. The molecule has 0 radical (unpaired) electrons. The molecule has 2 aromatic carbocycles. The van der Waals surface area contributed by atoms with Gasteiger partial charge in [-0.15, -0.1) is 0 Å². The third kappa shape index (κ3) is 1.67. The molecule has 0 spiro atoms. The first-order valence-corrected chi connectivity index (χ1v) is 5.92. The van der Waals surface area contributed by atoms with Crippen molar-refractivity contribution in [3.05, 3.63) is 60.7 Å². The van der Waals surface area contributed by atoms with Gasteiger partial charge in [0, 0.05) is 0 Å². The van der Waals surface area contributed by atoms with Crippen LogP contribution < -0.4 is 4.48 Å². The average molecular weight is 223 g/mol. The Morgan fingerprint density at radius 1 is 0.765 bits per heavy atom. The monoisotopic (exact) mass is 223 g/mol. The Morgan fingerprint density at radius 2 is 1.29 bits per heavy atom. The first-order chi connectivity index (χ1) is 8.42. The predicted molar refractivity (Wildman–Crippen MR) is 72.6 cm³/mol. The molecule has 2 heteroatoms. The van der Waals surface area contributed by atoms with Crippen molar-refractivity contribution in [1.29, 1.82) is 0 Å². The molecule has 0 unspecified atom stereocenters. The minimum absolute atomic E-state index is 0.738. The van der Waals surface area contributed by atoms with E-state index in [0.29, 0.717) is 0 Å². The zero-order valence-corrected chi connectivity index (χ0v) is 9.66. The molecule has 0 amide bonds. The molecule has 3 rings (SSSR count). The molecule has 0 aromatic heterocycles. The van der Waals surface area contributed by atoms with Crippen LogP contribution in [0, 0.1) is 0 Å². The van der Waals surface area contributed by atoms with Crippen LogP contribution in [0.2, 0.25) is 0 Å². The van der Waals surface area contributed by atoms with Gasteiger partial charge in [0.15, 0.2) is 6.34 Å². The number of nitrogens with zero attached hydrogens (tertiary/aromatic N) is 2. The predicted octanol–water partition coefficient (Wildman–Crippen LogP) is 3.37. The molecule has 0 aliphatic carbocycles. The van der Waals surface area contributed by atoms with Gasteiger partial charge in [-0.2, -0.15) is 0 Å². The lowest BCUT2D eigenvalue weighted by Gasteiger charge is -2.29. The van der Waals surface area contributed by atoms with E-state index in [-0.39, 0.29) is 0 Å². The number of para-hydroxylation sites is 2. The van der Waals surface area contributed by atoms with Gasteiger partial charge in [0.05, 0.1) is 6.54 Å². The fourth-order valence-electron chi connectivity index (χ4n) is 2.40. The van der Waals surface area contributed by atoms with Gasteiger partial charge in [-0.1, -0.05) is 36.4 Å². The van der Waals surface area contributed by atoms with E-state index >= 15 is 0 Å². The molecular weight excluding hydrogens is 208 g/mol. The molecule has 17 heavy (non-hydrogen) atoms. The smallest absolute Gasteiger partial charge is 0.195 e. The fraction of sp³-hybridized carbons (Fsp3) is 0.133. The molecule has 2 nitrogen and oxygen atoms in total. The molecule has 84 valence electrons. The zero-order chi connectivity index (χ0) is 11.6. The van der Waals surface area contributed by atoms with E-state index in [1.807, 2.05) is 0 Å². The lowest BCUT2D eigenvalue weighted by Crippen LogP contribution is -2.40. The largest absolute Gasteiger partial charge is 0.235 e. The number of aliphatic imine (C=N–C) groups is 1. The van der Waals surface area contributed by atoms with Crippen LogP contribution in [0.1, 0.15) is 0 Å². The number of hydrogen-bond donors (Lipinski definition) is 0. The molecule has 0 saturated carbocycles. The van der Waals surface area contributed by atoms with Crippen molar-refractivity contribution in [3.63, 3.8) is 0 Å². The van der Waals surface area contributed by atoms with Gasteiger partial charge in [0.25, 0.3) is 0 Å². The van der Waals surface area contributed by atoms with Crippen LogP contribution >= 0.6 is 0 Å². The number of benzene rings is 2. The van der Waals surface area contributed by atoms with Gasteiger partial charge in [-0.25, -0.2) is 9.48 Å². The Morgan fingerprint density at radius 3 is 1.71 bits per heavy atom. The maximum absolute atomic E-state index is 4.44. The zero-order valence-electron chi connectivity index (χ0n) is 9.66. The maximum Gasteiger partial charge on any atom is 0.195 e. The Labute approximate surface area is 101 Å². The van der Waals surface area contributed by atoms with Crippen molar-refractivity contribution in [1.82, 2.24) is 4.48 Å². The number of quaternary nitrogens is 1. The summed E-state index contributed by atoms with van der Waals surface area (Å²) in [5, 5.41) is 0. The summed E-state index contributed by atoms with van der Waals surface area (Å²) in [5.74, 6) is 0. The van der Waals surface area contributed by atoms with E-state index < -0.39 is 0 Å². The average Bonchev–Trinajstić information content (AvgIpc) is 2.91. The van der Waals surface area contributed by atoms with E-state index in [2.05, 4.69) is 72.0 Å². The second-order valence-electron chi connectivity index (χ2n) is 4.29. The van der Waals surface area contributed by atoms with Crippen LogP contribution in [0.15, 0.2) is 65.7 Å². The minimum atomic E-state index is 0.738. The minimum Gasteiger partial charge on any atom is -0.235 e. The highest BCUT2D eigenvalue weighted by Gasteiger charge is 2.34. The van der Waals surface area contributed by atoms with Gasteiger partial charge in [0.1, 0.15) is 17.9 Å². The molecule has 1 aliphatic rings. The van der Waals surface area contributed by atoms with Crippen LogP contribution in [0.5, 0.6) is 0 Å². The van der Waals surface area contributed by atoms with Gasteiger partial charge in [-0.05, 0) is 24.3 Å². The third-order valence-corrected chi connectivity index (χ3v) is 3.29. The molecule has 1 heterocycles. The SMILES string of the molecule is C1=NCC[N+]1(c1ccccc1)c1ccccc1. The highest BCUT2D eigenvalue weighted by Crippen LogP contribution is 2.34. The van der Waals surface area contributed by atoms with Crippen LogP contribution in [0.3, 0.4) is 0 Å². The maximum atomic E-state index is 4.44. The van der Waals surface area contributed by atoms with Gasteiger partial charge < -0.3 is 0 Å². The van der Waals surface area contributed by atoms with Gasteiger partial charge in [-0.3, -0.25) is 0 Å². The highest BCUT2D eigenvalue weighted by atomic mass is 15.4. The summed E-state index contributed by atoms with van der Waals surface area (Å²) in [6, 6.07) is 21.1. The Kier molecular flexibility index (Phi) is 2.50. The van der Waals surface area contributed by atoms with Crippen molar-refractivity contribution in [2.24, 2.45) is 4.99 Å². The van der Waals surface area contributed by atoms with Crippen molar-refractivity contribution in [2.45, 2.75) is 0 Å². The summed E-state index contributed by atoms with van der Waals surface area (Å²) >= 11 is 0. The normalized spacial score (nSPS) is 17.2. The molecule has 0 atom stereocenters. The number of hydrogen-bond acceptors (Lipinski definition) is 1. The van der Waals surface area contributed by atoms with Crippen molar-refractivity contribution < 1.29 is 0 Å². The molecule has 2 aromatic rings. The fourth-order valence-corrected chi connectivity index (χ4v) is 2.40. The van der Waals surface area contributed by atoms with Crippen LogP contribution in [0.4, 0.5) is 11.4 Å². The lowest BCUT2D eigenvalue weighted by atomic mass is 10.2. The van der Waals surface area contributed by atoms with Crippen LogP contribution in [-0.2, 0) is 0 Å².